The van der Waals surface area contributed by atoms with Crippen molar-refractivity contribution < 1.29 is 4.79 Å². The van der Waals surface area contributed by atoms with Gasteiger partial charge in [-0.3, -0.25) is 4.79 Å². The van der Waals surface area contributed by atoms with Crippen LogP contribution in [0.15, 0.2) is 18.5 Å². The van der Waals surface area contributed by atoms with Crippen molar-refractivity contribution in [2.75, 3.05) is 0 Å². The van der Waals surface area contributed by atoms with Crippen LogP contribution in [0.3, 0.4) is 0 Å². The lowest BCUT2D eigenvalue weighted by molar-refractivity contribution is -0.122. The van der Waals surface area contributed by atoms with Crippen LogP contribution >= 0.6 is 0 Å². The Morgan fingerprint density at radius 2 is 2.33 bits per heavy atom. The van der Waals surface area contributed by atoms with Gasteiger partial charge in [-0.25, -0.2) is 0 Å². The zero-order valence-corrected chi connectivity index (χ0v) is 9.29. The number of carbonyl (C=O) groups is 1. The number of aromatic nitrogens is 1. The Labute approximate surface area is 90.2 Å². The summed E-state index contributed by atoms with van der Waals surface area (Å²) in [5, 5.41) is 2.81. The molecule has 1 atom stereocenters. The summed E-state index contributed by atoms with van der Waals surface area (Å²) in [5.41, 5.74) is 6.79. The Kier molecular flexibility index (Phi) is 4.37. The van der Waals surface area contributed by atoms with Gasteiger partial charge in [-0.1, -0.05) is 13.8 Å². The number of rotatable bonds is 5. The predicted molar refractivity (Wildman–Crippen MR) is 60.1 cm³/mol. The van der Waals surface area contributed by atoms with E-state index in [1.165, 1.54) is 0 Å². The maximum atomic E-state index is 11.5. The Morgan fingerprint density at radius 3 is 2.87 bits per heavy atom. The van der Waals surface area contributed by atoms with Crippen molar-refractivity contribution in [3.8, 4) is 0 Å². The van der Waals surface area contributed by atoms with E-state index in [1.54, 1.807) is 0 Å². The zero-order valence-electron chi connectivity index (χ0n) is 9.29. The lowest BCUT2D eigenvalue weighted by Crippen LogP contribution is -2.40. The summed E-state index contributed by atoms with van der Waals surface area (Å²) >= 11 is 0. The molecule has 0 aromatic carbocycles. The molecule has 0 radical (unpaired) electrons. The van der Waals surface area contributed by atoms with Crippen LogP contribution < -0.4 is 11.1 Å². The molecule has 0 aliphatic heterocycles. The SMILES string of the molecule is CC(C)C[C@@H](N)C(=O)NCc1cc[nH]c1. The predicted octanol–water partition coefficient (Wildman–Crippen LogP) is 1.00. The molecule has 4 N–H and O–H groups in total. The van der Waals surface area contributed by atoms with Crippen molar-refractivity contribution in [3.63, 3.8) is 0 Å². The van der Waals surface area contributed by atoms with Crippen molar-refractivity contribution in [2.45, 2.75) is 32.9 Å². The van der Waals surface area contributed by atoms with E-state index < -0.39 is 6.04 Å². The Morgan fingerprint density at radius 1 is 1.60 bits per heavy atom. The van der Waals surface area contributed by atoms with E-state index >= 15 is 0 Å². The second-order valence-corrected chi connectivity index (χ2v) is 4.17. The highest BCUT2D eigenvalue weighted by molar-refractivity contribution is 5.81. The van der Waals surface area contributed by atoms with Gasteiger partial charge in [0, 0.05) is 18.9 Å². The topological polar surface area (TPSA) is 70.9 Å². The lowest BCUT2D eigenvalue weighted by Gasteiger charge is -2.13. The molecule has 84 valence electrons. The first-order chi connectivity index (χ1) is 7.09. The highest BCUT2D eigenvalue weighted by Crippen LogP contribution is 2.03. The molecule has 0 saturated heterocycles. The maximum Gasteiger partial charge on any atom is 0.237 e. The van der Waals surface area contributed by atoms with Crippen LogP contribution in [0.4, 0.5) is 0 Å². The largest absolute Gasteiger partial charge is 0.367 e. The summed E-state index contributed by atoms with van der Waals surface area (Å²) in [4.78, 5) is 14.5. The van der Waals surface area contributed by atoms with Crippen LogP contribution in [0.25, 0.3) is 0 Å². The minimum atomic E-state index is -0.399. The first kappa shape index (κ1) is 11.8. The molecular weight excluding hydrogens is 190 g/mol. The summed E-state index contributed by atoms with van der Waals surface area (Å²) < 4.78 is 0. The second kappa shape index (κ2) is 5.56. The van der Waals surface area contributed by atoms with Gasteiger partial charge in [0.1, 0.15) is 0 Å². The standard InChI is InChI=1S/C11H19N3O/c1-8(2)5-10(12)11(15)14-7-9-3-4-13-6-9/h3-4,6,8,10,13H,5,7,12H2,1-2H3,(H,14,15)/t10-/m1/s1. The average Bonchev–Trinajstić information content (AvgIpc) is 2.65. The fourth-order valence-corrected chi connectivity index (χ4v) is 1.40. The number of H-pyrrole nitrogens is 1. The van der Waals surface area contributed by atoms with E-state index in [0.29, 0.717) is 12.5 Å². The first-order valence-corrected chi connectivity index (χ1v) is 5.24. The van der Waals surface area contributed by atoms with Gasteiger partial charge in [0.2, 0.25) is 5.91 Å². The molecule has 0 aliphatic rings. The number of amides is 1. The number of nitrogens with one attached hydrogen (secondary N) is 2. The van der Waals surface area contributed by atoms with Gasteiger partial charge in [-0.15, -0.1) is 0 Å². The fraction of sp³-hybridized carbons (Fsp3) is 0.545. The zero-order chi connectivity index (χ0) is 11.3. The molecule has 1 aromatic rings. The minimum absolute atomic E-state index is 0.0788. The molecule has 1 heterocycles. The number of nitrogens with two attached hydrogens (primary N) is 1. The summed E-state index contributed by atoms with van der Waals surface area (Å²) in [7, 11) is 0. The van der Waals surface area contributed by atoms with Gasteiger partial charge in [0.15, 0.2) is 0 Å². The van der Waals surface area contributed by atoms with Crippen LogP contribution in [0, 0.1) is 5.92 Å². The van der Waals surface area contributed by atoms with Crippen molar-refractivity contribution >= 4 is 5.91 Å². The summed E-state index contributed by atoms with van der Waals surface area (Å²) in [6, 6.07) is 1.53. The number of hydrogen-bond acceptors (Lipinski definition) is 2. The Hall–Kier alpha value is -1.29. The van der Waals surface area contributed by atoms with Crippen molar-refractivity contribution in [1.82, 2.24) is 10.3 Å². The smallest absolute Gasteiger partial charge is 0.237 e. The van der Waals surface area contributed by atoms with E-state index in [-0.39, 0.29) is 5.91 Å². The molecule has 4 nitrogen and oxygen atoms in total. The molecule has 0 unspecified atom stereocenters. The van der Waals surface area contributed by atoms with Gasteiger partial charge < -0.3 is 16.0 Å². The average molecular weight is 209 g/mol. The van der Waals surface area contributed by atoms with E-state index in [9.17, 15) is 4.79 Å². The molecule has 0 fully saturated rings. The molecule has 4 heteroatoms. The molecule has 0 saturated carbocycles. The van der Waals surface area contributed by atoms with Crippen LogP contribution in [0.2, 0.25) is 0 Å². The highest BCUT2D eigenvalue weighted by Gasteiger charge is 2.14. The monoisotopic (exact) mass is 209 g/mol. The third-order valence-corrected chi connectivity index (χ3v) is 2.19. The van der Waals surface area contributed by atoms with Crippen LogP contribution in [-0.2, 0) is 11.3 Å². The Bertz CT molecular complexity index is 293. The molecule has 1 rings (SSSR count). The van der Waals surface area contributed by atoms with Gasteiger partial charge in [-0.2, -0.15) is 0 Å². The van der Waals surface area contributed by atoms with Gasteiger partial charge in [0.25, 0.3) is 0 Å². The molecular formula is C11H19N3O. The molecule has 15 heavy (non-hydrogen) atoms. The van der Waals surface area contributed by atoms with E-state index in [1.807, 2.05) is 18.5 Å². The van der Waals surface area contributed by atoms with Crippen molar-refractivity contribution in [3.05, 3.63) is 24.0 Å². The van der Waals surface area contributed by atoms with Crippen molar-refractivity contribution in [1.29, 1.82) is 0 Å². The third-order valence-electron chi connectivity index (χ3n) is 2.19. The summed E-state index contributed by atoms with van der Waals surface area (Å²) in [5.74, 6) is 0.364. The van der Waals surface area contributed by atoms with Crippen LogP contribution in [0.5, 0.6) is 0 Å². The van der Waals surface area contributed by atoms with Gasteiger partial charge in [-0.05, 0) is 24.0 Å². The van der Waals surface area contributed by atoms with E-state index in [2.05, 4.69) is 24.1 Å². The third kappa shape index (κ3) is 4.16. The van der Waals surface area contributed by atoms with Crippen molar-refractivity contribution in [2.24, 2.45) is 11.7 Å². The van der Waals surface area contributed by atoms with Gasteiger partial charge >= 0.3 is 0 Å². The Balaban J connectivity index is 2.29. The minimum Gasteiger partial charge on any atom is -0.367 e. The number of aromatic amines is 1. The molecule has 1 amide bonds. The van der Waals surface area contributed by atoms with Crippen LogP contribution in [0.1, 0.15) is 25.8 Å². The first-order valence-electron chi connectivity index (χ1n) is 5.24. The second-order valence-electron chi connectivity index (χ2n) is 4.17. The van der Waals surface area contributed by atoms with Crippen LogP contribution in [-0.4, -0.2) is 16.9 Å². The quantitative estimate of drug-likeness (QED) is 0.677. The fourth-order valence-electron chi connectivity index (χ4n) is 1.40. The molecule has 0 aliphatic carbocycles. The van der Waals surface area contributed by atoms with E-state index in [0.717, 1.165) is 12.0 Å². The number of carbonyl (C=O) groups excluding carboxylic acids is 1. The van der Waals surface area contributed by atoms with Gasteiger partial charge in [0.05, 0.1) is 6.04 Å². The lowest BCUT2D eigenvalue weighted by atomic mass is 10.0. The normalized spacial score (nSPS) is 12.8. The highest BCUT2D eigenvalue weighted by atomic mass is 16.2. The molecule has 0 bridgehead atoms. The molecule has 0 spiro atoms. The summed E-state index contributed by atoms with van der Waals surface area (Å²) in [6.45, 7) is 4.65. The maximum absolute atomic E-state index is 11.5. The number of hydrogen-bond donors (Lipinski definition) is 3. The van der Waals surface area contributed by atoms with E-state index in [4.69, 9.17) is 5.73 Å². The summed E-state index contributed by atoms with van der Waals surface area (Å²) in [6.07, 6.45) is 4.41. The molecule has 1 aromatic heterocycles.